The number of ether oxygens (including phenoxy) is 1. The van der Waals surface area contributed by atoms with Crippen LogP contribution in [0.2, 0.25) is 0 Å². The summed E-state index contributed by atoms with van der Waals surface area (Å²) in [5.41, 5.74) is 7.22. The molecule has 1 heterocycles. The number of benzene rings is 1. The van der Waals surface area contributed by atoms with Crippen LogP contribution in [0, 0.1) is 0 Å². The first kappa shape index (κ1) is 16.3. The molecular weight excluding hydrogens is 288 g/mol. The Kier molecular flexibility index (Phi) is 5.24. The molecule has 1 aromatic rings. The fourth-order valence-corrected chi connectivity index (χ4v) is 4.24. The largest absolute Gasteiger partial charge is 0.496 e. The number of hydrogen-bond donors (Lipinski definition) is 1. The van der Waals surface area contributed by atoms with E-state index >= 15 is 0 Å². The highest BCUT2D eigenvalue weighted by atomic mass is 32.2. The molecule has 1 fully saturated rings. The number of methoxy groups -OCH3 is 1. The Labute approximate surface area is 127 Å². The molecule has 0 aromatic heterocycles. The minimum atomic E-state index is -2.92. The maximum Gasteiger partial charge on any atom is 0.151 e. The molecule has 6 heteroatoms. The van der Waals surface area contributed by atoms with E-state index in [0.29, 0.717) is 13.0 Å². The maximum absolute atomic E-state index is 11.8. The van der Waals surface area contributed by atoms with Crippen LogP contribution in [-0.4, -0.2) is 51.1 Å². The molecular formula is C15H24N2O3S. The molecule has 0 aliphatic carbocycles. The molecule has 2 unspecified atom stereocenters. The van der Waals surface area contributed by atoms with Crippen molar-refractivity contribution in [1.82, 2.24) is 4.90 Å². The van der Waals surface area contributed by atoms with Gasteiger partial charge in [-0.05, 0) is 26.0 Å². The van der Waals surface area contributed by atoms with E-state index in [4.69, 9.17) is 10.5 Å². The lowest BCUT2D eigenvalue weighted by molar-refractivity contribution is 0.186. The Morgan fingerprint density at radius 3 is 2.62 bits per heavy atom. The predicted octanol–water partition coefficient (Wildman–Crippen LogP) is 1.20. The van der Waals surface area contributed by atoms with Crippen LogP contribution in [0.1, 0.15) is 24.9 Å². The van der Waals surface area contributed by atoms with Crippen LogP contribution in [0.3, 0.4) is 0 Å². The summed E-state index contributed by atoms with van der Waals surface area (Å²) in [7, 11) is -1.28. The van der Waals surface area contributed by atoms with Gasteiger partial charge in [-0.25, -0.2) is 8.42 Å². The van der Waals surface area contributed by atoms with Crippen LogP contribution < -0.4 is 10.5 Å². The van der Waals surface area contributed by atoms with Gasteiger partial charge in [0.25, 0.3) is 0 Å². The first-order valence-corrected chi connectivity index (χ1v) is 9.10. The van der Waals surface area contributed by atoms with Crippen molar-refractivity contribution in [2.75, 3.05) is 31.7 Å². The molecule has 118 valence electrons. The lowest BCUT2D eigenvalue weighted by Gasteiger charge is -2.34. The molecule has 1 aliphatic heterocycles. The van der Waals surface area contributed by atoms with Gasteiger partial charge in [-0.2, -0.15) is 0 Å². The molecule has 0 saturated carbocycles. The summed E-state index contributed by atoms with van der Waals surface area (Å²) >= 11 is 0. The summed E-state index contributed by atoms with van der Waals surface area (Å²) in [6, 6.07) is 7.66. The van der Waals surface area contributed by atoms with Gasteiger partial charge in [-0.15, -0.1) is 0 Å². The number of nitrogens with zero attached hydrogens (tertiary/aromatic N) is 1. The summed E-state index contributed by atoms with van der Waals surface area (Å²) in [5.74, 6) is 1.26. The molecule has 1 saturated heterocycles. The average molecular weight is 312 g/mol. The van der Waals surface area contributed by atoms with Crippen LogP contribution in [0.15, 0.2) is 24.3 Å². The zero-order valence-electron chi connectivity index (χ0n) is 12.7. The molecule has 0 spiro atoms. The SMILES string of the molecule is COc1ccccc1C(C(C)N)N1CCCS(=O)(=O)CC1. The normalized spacial score (nSPS) is 22.2. The van der Waals surface area contributed by atoms with Crippen LogP contribution in [-0.2, 0) is 9.84 Å². The first-order valence-electron chi connectivity index (χ1n) is 7.27. The zero-order valence-corrected chi connectivity index (χ0v) is 13.5. The van der Waals surface area contributed by atoms with Gasteiger partial charge in [0.15, 0.2) is 9.84 Å². The van der Waals surface area contributed by atoms with Crippen molar-refractivity contribution >= 4 is 9.84 Å². The summed E-state index contributed by atoms with van der Waals surface area (Å²) < 4.78 is 29.0. The second-order valence-electron chi connectivity index (χ2n) is 5.59. The summed E-state index contributed by atoms with van der Waals surface area (Å²) in [4.78, 5) is 2.17. The minimum Gasteiger partial charge on any atom is -0.496 e. The van der Waals surface area contributed by atoms with E-state index in [2.05, 4.69) is 4.90 Å². The van der Waals surface area contributed by atoms with E-state index < -0.39 is 9.84 Å². The van der Waals surface area contributed by atoms with Crippen molar-refractivity contribution in [2.45, 2.75) is 25.4 Å². The smallest absolute Gasteiger partial charge is 0.151 e. The van der Waals surface area contributed by atoms with Crippen LogP contribution in [0.4, 0.5) is 0 Å². The Hall–Kier alpha value is -1.11. The number of nitrogens with two attached hydrogens (primary N) is 1. The maximum atomic E-state index is 11.8. The Morgan fingerprint density at radius 1 is 1.24 bits per heavy atom. The van der Waals surface area contributed by atoms with Gasteiger partial charge in [0.2, 0.25) is 0 Å². The van der Waals surface area contributed by atoms with Gasteiger partial charge in [0.1, 0.15) is 5.75 Å². The second-order valence-corrected chi connectivity index (χ2v) is 7.89. The lowest BCUT2D eigenvalue weighted by Crippen LogP contribution is -2.41. The van der Waals surface area contributed by atoms with Gasteiger partial charge < -0.3 is 10.5 Å². The van der Waals surface area contributed by atoms with Crippen molar-refractivity contribution in [3.05, 3.63) is 29.8 Å². The van der Waals surface area contributed by atoms with E-state index in [1.54, 1.807) is 7.11 Å². The van der Waals surface area contributed by atoms with Gasteiger partial charge >= 0.3 is 0 Å². The van der Waals surface area contributed by atoms with Gasteiger partial charge in [-0.1, -0.05) is 18.2 Å². The topological polar surface area (TPSA) is 72.6 Å². The molecule has 0 radical (unpaired) electrons. The van der Waals surface area contributed by atoms with Crippen molar-refractivity contribution in [3.8, 4) is 5.75 Å². The zero-order chi connectivity index (χ0) is 15.5. The van der Waals surface area contributed by atoms with E-state index in [9.17, 15) is 8.42 Å². The van der Waals surface area contributed by atoms with Crippen molar-refractivity contribution in [1.29, 1.82) is 0 Å². The van der Waals surface area contributed by atoms with Crippen molar-refractivity contribution < 1.29 is 13.2 Å². The second kappa shape index (κ2) is 6.77. The van der Waals surface area contributed by atoms with E-state index in [1.807, 2.05) is 31.2 Å². The van der Waals surface area contributed by atoms with Crippen molar-refractivity contribution in [3.63, 3.8) is 0 Å². The number of sulfone groups is 1. The molecule has 21 heavy (non-hydrogen) atoms. The van der Waals surface area contributed by atoms with Gasteiger partial charge in [0, 0.05) is 18.2 Å². The third-order valence-electron chi connectivity index (χ3n) is 3.94. The first-order chi connectivity index (χ1) is 9.94. The highest BCUT2D eigenvalue weighted by Crippen LogP contribution is 2.31. The molecule has 2 N–H and O–H groups in total. The van der Waals surface area contributed by atoms with E-state index in [1.165, 1.54) is 0 Å². The average Bonchev–Trinajstić information content (AvgIpc) is 2.61. The standard InChI is InChI=1S/C15H24N2O3S/c1-12(16)15(13-6-3-4-7-14(13)20-2)17-8-5-10-21(18,19)11-9-17/h3-4,6-7,12,15H,5,8-11,16H2,1-2H3. The quantitative estimate of drug-likeness (QED) is 0.904. The highest BCUT2D eigenvalue weighted by Gasteiger charge is 2.29. The fourth-order valence-electron chi connectivity index (χ4n) is 2.96. The highest BCUT2D eigenvalue weighted by molar-refractivity contribution is 7.91. The number of rotatable bonds is 4. The molecule has 2 rings (SSSR count). The molecule has 5 nitrogen and oxygen atoms in total. The number of hydrogen-bond acceptors (Lipinski definition) is 5. The van der Waals surface area contributed by atoms with Crippen LogP contribution in [0.5, 0.6) is 5.75 Å². The Morgan fingerprint density at radius 2 is 1.95 bits per heavy atom. The van der Waals surface area contributed by atoms with E-state index in [0.717, 1.165) is 17.9 Å². The predicted molar refractivity (Wildman–Crippen MR) is 84.2 cm³/mol. The van der Waals surface area contributed by atoms with E-state index in [-0.39, 0.29) is 23.6 Å². The number of para-hydroxylation sites is 1. The minimum absolute atomic E-state index is 0.0329. The summed E-state index contributed by atoms with van der Waals surface area (Å²) in [6.45, 7) is 3.21. The fraction of sp³-hybridized carbons (Fsp3) is 0.600. The molecule has 0 bridgehead atoms. The lowest BCUT2D eigenvalue weighted by atomic mass is 9.98. The Balaban J connectivity index is 2.31. The molecule has 2 atom stereocenters. The third kappa shape index (κ3) is 3.96. The monoisotopic (exact) mass is 312 g/mol. The van der Waals surface area contributed by atoms with Crippen molar-refractivity contribution in [2.24, 2.45) is 5.73 Å². The van der Waals surface area contributed by atoms with Crippen LogP contribution in [0.25, 0.3) is 0 Å². The summed E-state index contributed by atoms with van der Waals surface area (Å²) in [6.07, 6.45) is 0.653. The molecule has 1 aliphatic rings. The third-order valence-corrected chi connectivity index (χ3v) is 5.65. The molecule has 0 amide bonds. The van der Waals surface area contributed by atoms with Crippen LogP contribution >= 0.6 is 0 Å². The molecule has 1 aromatic carbocycles. The summed E-state index contributed by atoms with van der Waals surface area (Å²) in [5, 5.41) is 0. The van der Waals surface area contributed by atoms with Gasteiger partial charge in [0.05, 0.1) is 24.7 Å². The Bertz CT molecular complexity index is 572. The van der Waals surface area contributed by atoms with Gasteiger partial charge in [-0.3, -0.25) is 4.90 Å².